The standard InChI is InChI=1S/C27H36N2O3S/c1-4-5-11-23-19(2)18-24(33-23)26(20-9-7-6-8-10-20)28-22-14-12-21(13-15-22)27(32)29(3)17-16-25(30)31/h5,11-15,18,20,26,28H,4,6-10,16-17H2,1-3H3,(H,30,31)/b11-5-. The van der Waals surface area contributed by atoms with Gasteiger partial charge in [0.2, 0.25) is 0 Å². The van der Waals surface area contributed by atoms with Crippen LogP contribution in [0.25, 0.3) is 6.08 Å². The lowest BCUT2D eigenvalue weighted by molar-refractivity contribution is -0.137. The zero-order chi connectivity index (χ0) is 23.8. The molecule has 1 amide bonds. The summed E-state index contributed by atoms with van der Waals surface area (Å²) in [6.07, 6.45) is 11.8. The number of carbonyl (C=O) groups excluding carboxylic acids is 1. The quantitative estimate of drug-likeness (QED) is 0.404. The molecule has 1 aliphatic rings. The summed E-state index contributed by atoms with van der Waals surface area (Å²) in [5.74, 6) is -0.462. The van der Waals surface area contributed by atoms with Crippen LogP contribution in [0, 0.1) is 12.8 Å². The van der Waals surface area contributed by atoms with Crippen LogP contribution in [0.2, 0.25) is 0 Å². The number of aliphatic carboxylic acids is 1. The number of benzene rings is 1. The lowest BCUT2D eigenvalue weighted by Gasteiger charge is -2.31. The summed E-state index contributed by atoms with van der Waals surface area (Å²) in [5.41, 5.74) is 2.90. The van der Waals surface area contributed by atoms with Gasteiger partial charge in [-0.25, -0.2) is 0 Å². The van der Waals surface area contributed by atoms with Gasteiger partial charge in [0.25, 0.3) is 5.91 Å². The van der Waals surface area contributed by atoms with E-state index >= 15 is 0 Å². The first-order valence-electron chi connectivity index (χ1n) is 12.0. The van der Waals surface area contributed by atoms with Crippen molar-refractivity contribution in [2.75, 3.05) is 18.9 Å². The minimum atomic E-state index is -0.903. The third-order valence-electron chi connectivity index (χ3n) is 6.37. The highest BCUT2D eigenvalue weighted by Gasteiger charge is 2.27. The number of carboxylic acid groups (broad SMARTS) is 1. The predicted octanol–water partition coefficient (Wildman–Crippen LogP) is 6.76. The molecule has 1 aromatic heterocycles. The highest BCUT2D eigenvalue weighted by atomic mass is 32.1. The number of hydrogen-bond acceptors (Lipinski definition) is 4. The van der Waals surface area contributed by atoms with Gasteiger partial charge in [0.15, 0.2) is 0 Å². The van der Waals surface area contributed by atoms with Crippen molar-refractivity contribution in [3.8, 4) is 0 Å². The van der Waals surface area contributed by atoms with Crippen molar-refractivity contribution in [3.63, 3.8) is 0 Å². The molecule has 1 unspecified atom stereocenters. The Kier molecular flexibility index (Phi) is 9.12. The molecule has 0 bridgehead atoms. The van der Waals surface area contributed by atoms with Gasteiger partial charge in [-0.1, -0.05) is 32.3 Å². The van der Waals surface area contributed by atoms with Gasteiger partial charge in [-0.15, -0.1) is 11.3 Å². The maximum absolute atomic E-state index is 12.6. The maximum Gasteiger partial charge on any atom is 0.305 e. The molecule has 1 aromatic carbocycles. The normalized spacial score (nSPS) is 15.5. The topological polar surface area (TPSA) is 69.6 Å². The fourth-order valence-electron chi connectivity index (χ4n) is 4.43. The number of allylic oxidation sites excluding steroid dienone is 1. The molecule has 6 heteroatoms. The average Bonchev–Trinajstić information content (AvgIpc) is 3.20. The van der Waals surface area contributed by atoms with E-state index in [9.17, 15) is 9.59 Å². The Balaban J connectivity index is 1.77. The molecule has 1 heterocycles. The van der Waals surface area contributed by atoms with Crippen LogP contribution in [0.1, 0.15) is 83.6 Å². The monoisotopic (exact) mass is 468 g/mol. The number of hydrogen-bond donors (Lipinski definition) is 2. The molecule has 33 heavy (non-hydrogen) atoms. The summed E-state index contributed by atoms with van der Waals surface area (Å²) in [4.78, 5) is 27.5. The SMILES string of the molecule is CC/C=C\c1sc(C(Nc2ccc(C(=O)N(C)CCC(=O)O)cc2)C2CCCCC2)cc1C. The first-order chi connectivity index (χ1) is 15.9. The van der Waals surface area contributed by atoms with E-state index in [2.05, 4.69) is 37.4 Å². The second kappa shape index (κ2) is 12.0. The smallest absolute Gasteiger partial charge is 0.305 e. The second-order valence-electron chi connectivity index (χ2n) is 8.97. The molecule has 0 saturated heterocycles. The van der Waals surface area contributed by atoms with Crippen molar-refractivity contribution in [2.45, 2.75) is 64.8 Å². The lowest BCUT2D eigenvalue weighted by Crippen LogP contribution is -2.29. The van der Waals surface area contributed by atoms with Crippen LogP contribution in [-0.4, -0.2) is 35.5 Å². The van der Waals surface area contributed by atoms with E-state index in [1.165, 1.54) is 52.3 Å². The van der Waals surface area contributed by atoms with E-state index in [0.29, 0.717) is 11.5 Å². The van der Waals surface area contributed by atoms with E-state index in [1.54, 1.807) is 7.05 Å². The molecule has 1 atom stereocenters. The van der Waals surface area contributed by atoms with Crippen molar-refractivity contribution in [1.29, 1.82) is 0 Å². The van der Waals surface area contributed by atoms with Crippen LogP contribution >= 0.6 is 11.3 Å². The van der Waals surface area contributed by atoms with Gasteiger partial charge >= 0.3 is 5.97 Å². The number of thiophene rings is 1. The molecule has 2 aromatic rings. The molecular weight excluding hydrogens is 432 g/mol. The summed E-state index contributed by atoms with van der Waals surface area (Å²) in [6.45, 7) is 4.55. The van der Waals surface area contributed by atoms with E-state index in [1.807, 2.05) is 35.6 Å². The molecular formula is C27H36N2O3S. The molecule has 2 N–H and O–H groups in total. The van der Waals surface area contributed by atoms with Crippen LogP contribution in [-0.2, 0) is 4.79 Å². The van der Waals surface area contributed by atoms with Gasteiger partial charge in [0.1, 0.15) is 0 Å². The first-order valence-corrected chi connectivity index (χ1v) is 12.8. The Morgan fingerprint density at radius 1 is 1.21 bits per heavy atom. The Morgan fingerprint density at radius 3 is 2.55 bits per heavy atom. The van der Waals surface area contributed by atoms with Gasteiger partial charge < -0.3 is 15.3 Å². The Bertz CT molecular complexity index is 958. The third kappa shape index (κ3) is 6.94. The Labute approximate surface area is 201 Å². The highest BCUT2D eigenvalue weighted by molar-refractivity contribution is 7.13. The number of nitrogens with zero attached hydrogens (tertiary/aromatic N) is 1. The van der Waals surface area contributed by atoms with Crippen molar-refractivity contribution < 1.29 is 14.7 Å². The van der Waals surface area contributed by atoms with Gasteiger partial charge in [-0.3, -0.25) is 9.59 Å². The van der Waals surface area contributed by atoms with Crippen LogP contribution in [0.15, 0.2) is 36.4 Å². The number of nitrogens with one attached hydrogen (secondary N) is 1. The van der Waals surface area contributed by atoms with E-state index in [-0.39, 0.29) is 24.9 Å². The number of rotatable bonds is 10. The fraction of sp³-hybridized carbons (Fsp3) is 0.481. The van der Waals surface area contributed by atoms with Crippen molar-refractivity contribution >= 4 is 35.0 Å². The Hall–Kier alpha value is -2.60. The summed E-state index contributed by atoms with van der Waals surface area (Å²) >= 11 is 1.88. The number of carboxylic acids is 1. The predicted molar refractivity (Wildman–Crippen MR) is 137 cm³/mol. The van der Waals surface area contributed by atoms with Gasteiger partial charge in [-0.2, -0.15) is 0 Å². The average molecular weight is 469 g/mol. The van der Waals surface area contributed by atoms with Crippen LogP contribution in [0.3, 0.4) is 0 Å². The minimum Gasteiger partial charge on any atom is -0.481 e. The summed E-state index contributed by atoms with van der Waals surface area (Å²) in [5, 5.41) is 12.6. The van der Waals surface area contributed by atoms with Gasteiger partial charge in [-0.05, 0) is 74.1 Å². The molecule has 1 fully saturated rings. The van der Waals surface area contributed by atoms with Crippen molar-refractivity contribution in [2.24, 2.45) is 5.92 Å². The maximum atomic E-state index is 12.6. The van der Waals surface area contributed by atoms with Crippen molar-refractivity contribution in [3.05, 3.63) is 57.3 Å². The largest absolute Gasteiger partial charge is 0.481 e. The molecule has 3 rings (SSSR count). The lowest BCUT2D eigenvalue weighted by atomic mass is 9.83. The highest BCUT2D eigenvalue weighted by Crippen LogP contribution is 2.40. The number of anilines is 1. The van der Waals surface area contributed by atoms with Crippen LogP contribution in [0.4, 0.5) is 5.69 Å². The Morgan fingerprint density at radius 2 is 1.91 bits per heavy atom. The van der Waals surface area contributed by atoms with E-state index in [0.717, 1.165) is 12.1 Å². The van der Waals surface area contributed by atoms with Crippen molar-refractivity contribution in [1.82, 2.24) is 4.90 Å². The van der Waals surface area contributed by atoms with Gasteiger partial charge in [0.05, 0.1) is 12.5 Å². The van der Waals surface area contributed by atoms with Crippen LogP contribution < -0.4 is 5.32 Å². The summed E-state index contributed by atoms with van der Waals surface area (Å²) in [7, 11) is 1.64. The summed E-state index contributed by atoms with van der Waals surface area (Å²) < 4.78 is 0. The second-order valence-corrected chi connectivity index (χ2v) is 10.1. The number of amides is 1. The molecule has 0 spiro atoms. The summed E-state index contributed by atoms with van der Waals surface area (Å²) in [6, 6.07) is 10.2. The molecule has 0 aliphatic heterocycles. The molecule has 1 aliphatic carbocycles. The fourth-order valence-corrected chi connectivity index (χ4v) is 5.68. The number of aryl methyl sites for hydroxylation is 1. The van der Waals surface area contributed by atoms with E-state index in [4.69, 9.17) is 5.11 Å². The zero-order valence-corrected chi connectivity index (χ0v) is 20.8. The van der Waals surface area contributed by atoms with E-state index < -0.39 is 5.97 Å². The minimum absolute atomic E-state index is 0.0549. The van der Waals surface area contributed by atoms with Gasteiger partial charge in [0, 0.05) is 34.6 Å². The molecule has 5 nitrogen and oxygen atoms in total. The molecule has 1 saturated carbocycles. The molecule has 178 valence electrons. The first kappa shape index (κ1) is 25.0. The van der Waals surface area contributed by atoms with Crippen LogP contribution in [0.5, 0.6) is 0 Å². The zero-order valence-electron chi connectivity index (χ0n) is 20.0. The number of carbonyl (C=O) groups is 2. The third-order valence-corrected chi connectivity index (χ3v) is 7.66. The molecule has 0 radical (unpaired) electrons.